The molecule has 0 aromatic carbocycles. The maximum Gasteiger partial charge on any atom is 0.251 e. The average Bonchev–Trinajstić information content (AvgIpc) is 2.56. The van der Waals surface area contributed by atoms with Crippen molar-refractivity contribution in [3.05, 3.63) is 27.4 Å². The molecule has 4 N–H and O–H groups in total. The van der Waals surface area contributed by atoms with Gasteiger partial charge in [-0.3, -0.25) is 14.3 Å². The summed E-state index contributed by atoms with van der Waals surface area (Å²) in [5.74, 6) is 0. The summed E-state index contributed by atoms with van der Waals surface area (Å²) in [5, 5.41) is 29.6. The van der Waals surface area contributed by atoms with E-state index in [1.54, 1.807) is 0 Å². The Kier molecular flexibility index (Phi) is 2.49. The van der Waals surface area contributed by atoms with Crippen molar-refractivity contribution in [2.24, 2.45) is 0 Å². The fourth-order valence-corrected chi connectivity index (χ4v) is 2.05. The fourth-order valence-electron chi connectivity index (χ4n) is 1.81. The van der Waals surface area contributed by atoms with Gasteiger partial charge in [0.25, 0.3) is 5.56 Å². The highest BCUT2D eigenvalue weighted by atomic mass is 32.1. The molecule has 4 atom stereocenters. The first kappa shape index (κ1) is 9.82. The van der Waals surface area contributed by atoms with Crippen LogP contribution in [0.15, 0.2) is 17.0 Å². The molecule has 1 saturated heterocycles. The fraction of sp³-hybridized carbons (Fsp3) is 0.600. The molecule has 7 nitrogen and oxygen atoms in total. The number of rotatable bonds is 2. The van der Waals surface area contributed by atoms with Gasteiger partial charge in [0.15, 0.2) is 11.0 Å². The lowest BCUT2D eigenvalue weighted by atomic mass is 9.96. The van der Waals surface area contributed by atoms with Crippen molar-refractivity contribution in [3.8, 4) is 0 Å². The molecule has 100 valence electrons. The first-order valence-electron chi connectivity index (χ1n) is 6.56. The van der Waals surface area contributed by atoms with E-state index in [4.69, 9.17) is 21.1 Å². The van der Waals surface area contributed by atoms with Crippen molar-refractivity contribution in [2.45, 2.75) is 31.0 Å². The number of aromatic amines is 1. The van der Waals surface area contributed by atoms with Crippen LogP contribution >= 0.6 is 12.2 Å². The standard InChI is InChI=1S/C10H14N2O5S/c1-10(16)7(15)5(4-13)17-8(10)12-3-2-6(14)11-9(12)18/h2-3,5,7-8,13,15-16H,4H2,1H3,(H,11,14,18)/t5-,7+,8-,10?/m1/s1/i2D,4D2. The SMILES string of the molecule is [2H]c1cn([C@@H]2O[C@H](C([2H])([2H])O)[C@H](O)C2(C)O)c(=S)[nH]c1=O. The summed E-state index contributed by atoms with van der Waals surface area (Å²) in [7, 11) is 0. The maximum atomic E-state index is 11.3. The van der Waals surface area contributed by atoms with Gasteiger partial charge in [0.2, 0.25) is 0 Å². The van der Waals surface area contributed by atoms with Crippen molar-refractivity contribution in [2.75, 3.05) is 6.56 Å². The normalized spacial score (nSPS) is 39.1. The molecule has 1 aliphatic heterocycles. The van der Waals surface area contributed by atoms with Gasteiger partial charge in [-0.2, -0.15) is 0 Å². The number of H-pyrrole nitrogens is 1. The van der Waals surface area contributed by atoms with Gasteiger partial charge in [-0.1, -0.05) is 0 Å². The summed E-state index contributed by atoms with van der Waals surface area (Å²) in [4.78, 5) is 13.5. The van der Waals surface area contributed by atoms with E-state index >= 15 is 0 Å². The van der Waals surface area contributed by atoms with Crippen molar-refractivity contribution >= 4 is 12.2 Å². The van der Waals surface area contributed by atoms with Gasteiger partial charge in [-0.15, -0.1) is 0 Å². The predicted molar refractivity (Wildman–Crippen MR) is 63.5 cm³/mol. The molecular weight excluding hydrogens is 260 g/mol. The number of aromatic nitrogens is 2. The van der Waals surface area contributed by atoms with Gasteiger partial charge < -0.3 is 20.1 Å². The minimum absolute atomic E-state index is 0.173. The molecule has 8 heteroatoms. The summed E-state index contributed by atoms with van der Waals surface area (Å²) in [6.45, 7) is -1.73. The van der Waals surface area contributed by atoms with Crippen LogP contribution < -0.4 is 5.56 Å². The molecule has 0 bridgehead atoms. The summed E-state index contributed by atoms with van der Waals surface area (Å²) >= 11 is 4.90. The lowest BCUT2D eigenvalue weighted by Gasteiger charge is -2.27. The molecule has 0 radical (unpaired) electrons. The second kappa shape index (κ2) is 4.56. The molecule has 1 aromatic rings. The van der Waals surface area contributed by atoms with Gasteiger partial charge in [0.05, 0.1) is 10.7 Å². The smallest absolute Gasteiger partial charge is 0.251 e. The quantitative estimate of drug-likeness (QED) is 0.512. The Balaban J connectivity index is 2.53. The molecule has 1 fully saturated rings. The van der Waals surface area contributed by atoms with E-state index in [-0.39, 0.29) is 4.77 Å². The maximum absolute atomic E-state index is 11.3. The number of hydrogen-bond acceptors (Lipinski definition) is 6. The molecule has 18 heavy (non-hydrogen) atoms. The van der Waals surface area contributed by atoms with Crippen LogP contribution in [0.2, 0.25) is 0 Å². The topological polar surface area (TPSA) is 108 Å². The zero-order valence-corrected chi connectivity index (χ0v) is 10.1. The molecule has 0 amide bonds. The summed E-state index contributed by atoms with van der Waals surface area (Å²) in [6, 6.07) is -0.451. The zero-order valence-electron chi connectivity index (χ0n) is 12.3. The number of aliphatic hydroxyl groups is 3. The first-order valence-corrected chi connectivity index (χ1v) is 5.47. The molecule has 2 rings (SSSR count). The van der Waals surface area contributed by atoms with Gasteiger partial charge >= 0.3 is 0 Å². The number of nitrogens with one attached hydrogen (secondary N) is 1. The molecular formula is C10H14N2O5S. The second-order valence-corrected chi connectivity index (χ2v) is 4.54. The highest BCUT2D eigenvalue weighted by Gasteiger charge is 2.52. The third-order valence-corrected chi connectivity index (χ3v) is 3.14. The van der Waals surface area contributed by atoms with Crippen LogP contribution in [0.5, 0.6) is 0 Å². The third-order valence-electron chi connectivity index (χ3n) is 2.83. The molecule has 0 spiro atoms. The van der Waals surface area contributed by atoms with E-state index in [1.807, 2.05) is 0 Å². The Morgan fingerprint density at radius 2 is 2.50 bits per heavy atom. The van der Waals surface area contributed by atoms with Crippen LogP contribution in [0.4, 0.5) is 0 Å². The van der Waals surface area contributed by atoms with Crippen LogP contribution in [0.25, 0.3) is 0 Å². The number of nitrogens with zero attached hydrogens (tertiary/aromatic N) is 1. The van der Waals surface area contributed by atoms with Gasteiger partial charge in [-0.25, -0.2) is 0 Å². The Morgan fingerprint density at radius 1 is 1.83 bits per heavy atom. The van der Waals surface area contributed by atoms with Crippen molar-refractivity contribution in [1.82, 2.24) is 9.55 Å². The Labute approximate surface area is 111 Å². The van der Waals surface area contributed by atoms with E-state index in [1.165, 1.54) is 6.92 Å². The largest absolute Gasteiger partial charge is 0.394 e. The van der Waals surface area contributed by atoms with E-state index in [2.05, 4.69) is 4.98 Å². The van der Waals surface area contributed by atoms with Crippen LogP contribution in [-0.4, -0.2) is 49.2 Å². The van der Waals surface area contributed by atoms with Crippen molar-refractivity contribution in [3.63, 3.8) is 0 Å². The molecule has 0 aliphatic carbocycles. The summed E-state index contributed by atoms with van der Waals surface area (Å²) in [6.07, 6.45) is -3.85. The molecule has 1 aromatic heterocycles. The third kappa shape index (κ3) is 2.02. The first-order chi connectivity index (χ1) is 9.46. The highest BCUT2D eigenvalue weighted by Crippen LogP contribution is 2.37. The minimum Gasteiger partial charge on any atom is -0.394 e. The van der Waals surface area contributed by atoms with Gasteiger partial charge in [-0.05, 0) is 19.1 Å². The zero-order chi connectivity index (χ0) is 16.2. The predicted octanol–water partition coefficient (Wildman–Crippen LogP) is -1.09. The van der Waals surface area contributed by atoms with Crippen LogP contribution in [0.1, 0.15) is 17.3 Å². The van der Waals surface area contributed by atoms with E-state index in [0.29, 0.717) is 0 Å². The Bertz CT molecular complexity index is 668. The number of hydrogen-bond donors (Lipinski definition) is 4. The highest BCUT2D eigenvalue weighted by molar-refractivity contribution is 7.71. The Hall–Kier alpha value is -1.06. The minimum atomic E-state index is -2.90. The van der Waals surface area contributed by atoms with E-state index in [9.17, 15) is 20.1 Å². The second-order valence-electron chi connectivity index (χ2n) is 4.15. The molecule has 0 saturated carbocycles. The summed E-state index contributed by atoms with van der Waals surface area (Å²) < 4.78 is 27.9. The monoisotopic (exact) mass is 277 g/mol. The van der Waals surface area contributed by atoms with Crippen LogP contribution in [0.3, 0.4) is 0 Å². The average molecular weight is 277 g/mol. The molecule has 1 unspecified atom stereocenters. The van der Waals surface area contributed by atoms with Crippen LogP contribution in [0, 0.1) is 4.77 Å². The lowest BCUT2D eigenvalue weighted by molar-refractivity contribution is -0.0979. The van der Waals surface area contributed by atoms with Crippen molar-refractivity contribution < 1.29 is 24.2 Å². The summed E-state index contributed by atoms with van der Waals surface area (Å²) in [5.41, 5.74) is -2.73. The van der Waals surface area contributed by atoms with E-state index < -0.39 is 42.2 Å². The Morgan fingerprint density at radius 3 is 3.06 bits per heavy atom. The number of aliphatic hydroxyl groups excluding tert-OH is 1. The molecule has 1 aliphatic rings. The van der Waals surface area contributed by atoms with Crippen LogP contribution in [-0.2, 0) is 4.74 Å². The van der Waals surface area contributed by atoms with Crippen molar-refractivity contribution in [1.29, 1.82) is 0 Å². The number of ether oxygens (including phenoxy) is 1. The lowest BCUT2D eigenvalue weighted by Crippen LogP contribution is -2.44. The van der Waals surface area contributed by atoms with Gasteiger partial charge in [0.1, 0.15) is 17.8 Å². The van der Waals surface area contributed by atoms with Gasteiger partial charge in [0, 0.05) is 12.2 Å². The molecule has 2 heterocycles. The van der Waals surface area contributed by atoms with E-state index in [0.717, 1.165) is 10.8 Å².